The zero-order valence-electron chi connectivity index (χ0n) is 11.9. The van der Waals surface area contributed by atoms with Crippen LogP contribution in [0.5, 0.6) is 0 Å². The molecule has 2 rings (SSSR count). The molecule has 2 aromatic rings. The van der Waals surface area contributed by atoms with E-state index in [1.807, 2.05) is 38.1 Å². The minimum atomic E-state index is -3.18. The van der Waals surface area contributed by atoms with Gasteiger partial charge in [0.1, 0.15) is 11.8 Å². The van der Waals surface area contributed by atoms with Gasteiger partial charge in [0.05, 0.1) is 18.7 Å². The van der Waals surface area contributed by atoms with E-state index >= 15 is 0 Å². The zero-order valence-corrected chi connectivity index (χ0v) is 12.8. The van der Waals surface area contributed by atoms with Crippen molar-refractivity contribution >= 4 is 18.6 Å². The van der Waals surface area contributed by atoms with Gasteiger partial charge in [0, 0.05) is 0 Å². The monoisotopic (exact) mass is 297 g/mol. The Kier molecular flexibility index (Phi) is 5.29. The number of nitrogens with zero attached hydrogens (tertiary/aromatic N) is 3. The first-order valence-corrected chi connectivity index (χ1v) is 8.57. The lowest BCUT2D eigenvalue weighted by molar-refractivity contribution is 0.198. The summed E-state index contributed by atoms with van der Waals surface area (Å²) in [4.78, 5) is 0. The maximum atomic E-state index is 12.7. The van der Waals surface area contributed by atoms with E-state index in [4.69, 9.17) is 9.05 Å². The number of rotatable bonds is 8. The summed E-state index contributed by atoms with van der Waals surface area (Å²) >= 11 is 0. The van der Waals surface area contributed by atoms with Crippen LogP contribution in [-0.4, -0.2) is 28.2 Å². The summed E-state index contributed by atoms with van der Waals surface area (Å²) in [6.45, 7) is 4.76. The van der Waals surface area contributed by atoms with E-state index < -0.39 is 7.60 Å². The average Bonchev–Trinajstić information content (AvgIpc) is 2.86. The van der Waals surface area contributed by atoms with Crippen LogP contribution in [-0.2, 0) is 19.9 Å². The van der Waals surface area contributed by atoms with Crippen molar-refractivity contribution in [2.45, 2.75) is 33.0 Å². The molecule has 0 amide bonds. The van der Waals surface area contributed by atoms with Crippen molar-refractivity contribution < 1.29 is 13.6 Å². The molecule has 0 N–H and O–H groups in total. The van der Waals surface area contributed by atoms with Crippen molar-refractivity contribution in [3.63, 3.8) is 0 Å². The first-order valence-electron chi connectivity index (χ1n) is 6.85. The molecule has 0 radical (unpaired) electrons. The third-order valence-corrected chi connectivity index (χ3v) is 4.48. The van der Waals surface area contributed by atoms with Gasteiger partial charge in [0.25, 0.3) is 0 Å². The molecule has 0 atom stereocenters. The van der Waals surface area contributed by atoms with Crippen LogP contribution in [0, 0.1) is 0 Å². The van der Waals surface area contributed by atoms with Crippen LogP contribution in [0.1, 0.15) is 26.7 Å². The van der Waals surface area contributed by atoms with Gasteiger partial charge in [-0.3, -0.25) is 4.57 Å². The second kappa shape index (κ2) is 6.97. The van der Waals surface area contributed by atoms with Gasteiger partial charge < -0.3 is 9.05 Å². The maximum Gasteiger partial charge on any atom is 0.352 e. The van der Waals surface area contributed by atoms with E-state index in [-0.39, 0.29) is 6.29 Å². The Morgan fingerprint density at radius 1 is 1.15 bits per heavy atom. The van der Waals surface area contributed by atoms with Crippen LogP contribution in [0.25, 0.3) is 11.0 Å². The highest BCUT2D eigenvalue weighted by Crippen LogP contribution is 2.50. The Balaban J connectivity index is 2.20. The van der Waals surface area contributed by atoms with Gasteiger partial charge in [0.15, 0.2) is 0 Å². The molecule has 1 heterocycles. The first kappa shape index (κ1) is 15.2. The van der Waals surface area contributed by atoms with Crippen molar-refractivity contribution in [1.82, 2.24) is 15.0 Å². The molecule has 1 aromatic carbocycles. The molecule has 20 heavy (non-hydrogen) atoms. The molecule has 0 saturated carbocycles. The first-order chi connectivity index (χ1) is 9.68. The lowest BCUT2D eigenvalue weighted by Gasteiger charge is -2.18. The van der Waals surface area contributed by atoms with Crippen molar-refractivity contribution in [3.8, 4) is 0 Å². The number of aromatic nitrogens is 3. The number of hydrogen-bond donors (Lipinski definition) is 0. The molecule has 0 aliphatic heterocycles. The van der Waals surface area contributed by atoms with E-state index in [1.54, 1.807) is 4.68 Å². The fourth-order valence-corrected chi connectivity index (χ4v) is 3.46. The Bertz CT molecular complexity index is 587. The predicted molar refractivity (Wildman–Crippen MR) is 77.6 cm³/mol. The quantitative estimate of drug-likeness (QED) is 0.698. The topological polar surface area (TPSA) is 66.2 Å². The molecule has 6 nitrogen and oxygen atoms in total. The molecular formula is C13H20N3O3P. The molecule has 0 saturated heterocycles. The fraction of sp³-hybridized carbons (Fsp3) is 0.538. The molecule has 0 fully saturated rings. The van der Waals surface area contributed by atoms with Crippen LogP contribution in [0.15, 0.2) is 24.3 Å². The highest BCUT2D eigenvalue weighted by atomic mass is 31.2. The Labute approximate surface area is 118 Å². The largest absolute Gasteiger partial charge is 0.352 e. The molecule has 0 aliphatic rings. The van der Waals surface area contributed by atoms with Gasteiger partial charge in [-0.2, -0.15) is 0 Å². The molecule has 1 aromatic heterocycles. The van der Waals surface area contributed by atoms with E-state index in [1.165, 1.54) is 0 Å². The van der Waals surface area contributed by atoms with Crippen LogP contribution in [0.3, 0.4) is 0 Å². The van der Waals surface area contributed by atoms with Gasteiger partial charge >= 0.3 is 7.60 Å². The Hall–Kier alpha value is -1.23. The summed E-state index contributed by atoms with van der Waals surface area (Å²) < 4.78 is 25.2. The lowest BCUT2D eigenvalue weighted by Crippen LogP contribution is -2.07. The highest BCUT2D eigenvalue weighted by molar-refractivity contribution is 7.52. The molecule has 0 aliphatic carbocycles. The molecular weight excluding hydrogens is 277 g/mol. The van der Waals surface area contributed by atoms with Gasteiger partial charge in [-0.15, -0.1) is 5.10 Å². The Morgan fingerprint density at radius 3 is 2.45 bits per heavy atom. The van der Waals surface area contributed by atoms with Crippen LogP contribution >= 0.6 is 7.60 Å². The smallest absolute Gasteiger partial charge is 0.307 e. The third-order valence-electron chi connectivity index (χ3n) is 2.71. The van der Waals surface area contributed by atoms with Gasteiger partial charge in [-0.05, 0) is 25.0 Å². The normalized spacial score (nSPS) is 12.1. The summed E-state index contributed by atoms with van der Waals surface area (Å²) in [5, 5.41) is 8.08. The average molecular weight is 297 g/mol. The van der Waals surface area contributed by atoms with Gasteiger partial charge in [-0.1, -0.05) is 31.2 Å². The molecule has 110 valence electrons. The minimum absolute atomic E-state index is 0.0908. The van der Waals surface area contributed by atoms with Crippen LogP contribution < -0.4 is 0 Å². The number of hydrogen-bond acceptors (Lipinski definition) is 5. The second-order valence-electron chi connectivity index (χ2n) is 4.50. The number of benzene rings is 1. The van der Waals surface area contributed by atoms with E-state index in [0.29, 0.717) is 13.2 Å². The summed E-state index contributed by atoms with van der Waals surface area (Å²) in [6, 6.07) is 7.54. The van der Waals surface area contributed by atoms with Crippen molar-refractivity contribution in [2.24, 2.45) is 0 Å². The van der Waals surface area contributed by atoms with Crippen LogP contribution in [0.2, 0.25) is 0 Å². The lowest BCUT2D eigenvalue weighted by atomic mass is 10.3. The van der Waals surface area contributed by atoms with Crippen molar-refractivity contribution in [2.75, 3.05) is 13.2 Å². The molecule has 0 spiro atoms. The summed E-state index contributed by atoms with van der Waals surface area (Å²) in [7, 11) is -3.18. The molecule has 0 bridgehead atoms. The number of para-hydroxylation sites is 1. The highest BCUT2D eigenvalue weighted by Gasteiger charge is 2.26. The third kappa shape index (κ3) is 3.66. The summed E-state index contributed by atoms with van der Waals surface area (Å²) in [6.07, 6.45) is 1.67. The molecule has 7 heteroatoms. The SMILES string of the molecule is CCCOP(=O)(Cn1nnc2ccccc21)OCCC. The van der Waals surface area contributed by atoms with E-state index in [0.717, 1.165) is 23.9 Å². The van der Waals surface area contributed by atoms with E-state index in [2.05, 4.69) is 10.3 Å². The van der Waals surface area contributed by atoms with Crippen LogP contribution in [0.4, 0.5) is 0 Å². The van der Waals surface area contributed by atoms with Crippen molar-refractivity contribution in [3.05, 3.63) is 24.3 Å². The molecule has 0 unspecified atom stereocenters. The predicted octanol–water partition coefficient (Wildman–Crippen LogP) is 3.44. The fourth-order valence-electron chi connectivity index (χ4n) is 1.77. The van der Waals surface area contributed by atoms with E-state index in [9.17, 15) is 4.57 Å². The summed E-state index contributed by atoms with van der Waals surface area (Å²) in [5.41, 5.74) is 1.60. The summed E-state index contributed by atoms with van der Waals surface area (Å²) in [5.74, 6) is 0. The maximum absolute atomic E-state index is 12.7. The zero-order chi connectivity index (χ0) is 14.4. The Morgan fingerprint density at radius 2 is 1.80 bits per heavy atom. The minimum Gasteiger partial charge on any atom is -0.307 e. The second-order valence-corrected chi connectivity index (χ2v) is 6.52. The van der Waals surface area contributed by atoms with Crippen molar-refractivity contribution in [1.29, 1.82) is 0 Å². The standard InChI is InChI=1S/C13H20N3O3P/c1-3-9-18-20(17,19-10-4-2)11-16-13-8-6-5-7-12(13)14-15-16/h5-8H,3-4,9-11H2,1-2H3. The van der Waals surface area contributed by atoms with Gasteiger partial charge in [-0.25, -0.2) is 4.68 Å². The number of fused-ring (bicyclic) bond motifs is 1. The van der Waals surface area contributed by atoms with Gasteiger partial charge in [0.2, 0.25) is 0 Å².